The molecule has 0 saturated heterocycles. The van der Waals surface area contributed by atoms with Crippen LogP contribution in [0.25, 0.3) is 0 Å². The molecular weight excluding hydrogens is 246 g/mol. The lowest BCUT2D eigenvalue weighted by Crippen LogP contribution is -1.86. The summed E-state index contributed by atoms with van der Waals surface area (Å²) in [6, 6.07) is 13.6. The normalized spacial score (nSPS) is 9.39. The van der Waals surface area contributed by atoms with Gasteiger partial charge >= 0.3 is 0 Å². The summed E-state index contributed by atoms with van der Waals surface area (Å²) in [5.74, 6) is 5.93. The van der Waals surface area contributed by atoms with Gasteiger partial charge < -0.3 is 0 Å². The Morgan fingerprint density at radius 1 is 0.889 bits per heavy atom. The minimum atomic E-state index is -0.428. The lowest BCUT2D eigenvalue weighted by Gasteiger charge is -1.92. The molecule has 3 nitrogen and oxygen atoms in total. The van der Waals surface area contributed by atoms with Gasteiger partial charge in [0.15, 0.2) is 0 Å². The van der Waals surface area contributed by atoms with Crippen LogP contribution >= 0.6 is 12.6 Å². The molecule has 0 saturated carbocycles. The van der Waals surface area contributed by atoms with E-state index in [0.717, 1.165) is 16.0 Å². The summed E-state index contributed by atoms with van der Waals surface area (Å²) in [4.78, 5) is 10.9. The van der Waals surface area contributed by atoms with E-state index in [9.17, 15) is 10.1 Å². The summed E-state index contributed by atoms with van der Waals surface area (Å²) in [7, 11) is 0. The summed E-state index contributed by atoms with van der Waals surface area (Å²) in [5.41, 5.74) is 1.70. The lowest BCUT2D eigenvalue weighted by atomic mass is 10.2. The maximum Gasteiger partial charge on any atom is 0.269 e. The number of nitrogens with zero attached hydrogens (tertiary/aromatic N) is 1. The van der Waals surface area contributed by atoms with Gasteiger partial charge in [0.2, 0.25) is 0 Å². The zero-order valence-corrected chi connectivity index (χ0v) is 10.2. The Kier molecular flexibility index (Phi) is 3.66. The largest absolute Gasteiger partial charge is 0.269 e. The molecule has 0 aliphatic rings. The molecule has 2 aromatic carbocycles. The molecule has 0 amide bonds. The fraction of sp³-hybridized carbons (Fsp3) is 0. The fourth-order valence-electron chi connectivity index (χ4n) is 1.36. The Bertz CT molecular complexity index is 622. The van der Waals surface area contributed by atoms with Crippen LogP contribution in [-0.4, -0.2) is 4.92 Å². The second kappa shape index (κ2) is 5.39. The molecule has 0 radical (unpaired) electrons. The van der Waals surface area contributed by atoms with Gasteiger partial charge in [0, 0.05) is 28.2 Å². The van der Waals surface area contributed by atoms with E-state index >= 15 is 0 Å². The van der Waals surface area contributed by atoms with Crippen molar-refractivity contribution in [1.29, 1.82) is 0 Å². The summed E-state index contributed by atoms with van der Waals surface area (Å²) in [6.45, 7) is 0. The molecule has 0 aliphatic heterocycles. The minimum absolute atomic E-state index is 0.0694. The van der Waals surface area contributed by atoms with Gasteiger partial charge in [-0.3, -0.25) is 10.1 Å². The molecule has 0 spiro atoms. The Labute approximate surface area is 110 Å². The Morgan fingerprint density at radius 3 is 1.78 bits per heavy atom. The standard InChI is InChI=1S/C14H9NO2S/c16-15(17)13-7-3-11(4-8-13)1-2-12-5-9-14(18)10-6-12/h3-10,18H. The molecule has 0 fully saturated rings. The van der Waals surface area contributed by atoms with Crippen LogP contribution in [0.2, 0.25) is 0 Å². The SMILES string of the molecule is O=[N+]([O-])c1ccc(C#Cc2ccc(S)cc2)cc1. The summed E-state index contributed by atoms with van der Waals surface area (Å²) >= 11 is 4.19. The van der Waals surface area contributed by atoms with Crippen molar-refractivity contribution in [3.8, 4) is 11.8 Å². The van der Waals surface area contributed by atoms with Crippen LogP contribution in [0.4, 0.5) is 5.69 Å². The number of hydrogen-bond acceptors (Lipinski definition) is 3. The second-order valence-corrected chi connectivity index (χ2v) is 4.12. The van der Waals surface area contributed by atoms with Crippen molar-refractivity contribution < 1.29 is 4.92 Å². The van der Waals surface area contributed by atoms with Gasteiger partial charge in [-0.15, -0.1) is 12.6 Å². The molecule has 0 atom stereocenters. The van der Waals surface area contributed by atoms with Gasteiger partial charge in [0.25, 0.3) is 5.69 Å². The average molecular weight is 255 g/mol. The van der Waals surface area contributed by atoms with Gasteiger partial charge in [-0.25, -0.2) is 0 Å². The highest BCUT2D eigenvalue weighted by molar-refractivity contribution is 7.80. The smallest absolute Gasteiger partial charge is 0.258 e. The second-order valence-electron chi connectivity index (χ2n) is 3.60. The van der Waals surface area contributed by atoms with Crippen LogP contribution in [0.1, 0.15) is 11.1 Å². The van der Waals surface area contributed by atoms with Crippen molar-refractivity contribution in [2.75, 3.05) is 0 Å². The van der Waals surface area contributed by atoms with Crippen molar-refractivity contribution in [2.24, 2.45) is 0 Å². The maximum atomic E-state index is 10.5. The molecule has 0 aromatic heterocycles. The quantitative estimate of drug-likeness (QED) is 0.368. The molecule has 88 valence electrons. The molecule has 2 rings (SSSR count). The van der Waals surface area contributed by atoms with Crippen molar-refractivity contribution in [2.45, 2.75) is 4.90 Å². The summed E-state index contributed by atoms with van der Waals surface area (Å²) in [5, 5.41) is 10.5. The molecule has 0 unspecified atom stereocenters. The topological polar surface area (TPSA) is 43.1 Å². The highest BCUT2D eigenvalue weighted by Crippen LogP contribution is 2.11. The number of non-ortho nitro benzene ring substituents is 1. The Morgan fingerprint density at radius 2 is 1.33 bits per heavy atom. The number of hydrogen-bond donors (Lipinski definition) is 1. The fourth-order valence-corrected chi connectivity index (χ4v) is 1.50. The molecular formula is C14H9NO2S. The van der Waals surface area contributed by atoms with Gasteiger partial charge in [-0.1, -0.05) is 11.8 Å². The first-order valence-electron chi connectivity index (χ1n) is 5.21. The first kappa shape index (κ1) is 12.2. The Hall–Kier alpha value is -2.25. The summed E-state index contributed by atoms with van der Waals surface area (Å²) < 4.78 is 0. The van der Waals surface area contributed by atoms with Crippen molar-refractivity contribution >= 4 is 18.3 Å². The number of nitro groups is 1. The van der Waals surface area contributed by atoms with Crippen LogP contribution < -0.4 is 0 Å². The third kappa shape index (κ3) is 3.12. The van der Waals surface area contributed by atoms with Gasteiger partial charge in [-0.05, 0) is 36.4 Å². The predicted molar refractivity (Wildman–Crippen MR) is 72.8 cm³/mol. The van der Waals surface area contributed by atoms with Crippen molar-refractivity contribution in [3.05, 3.63) is 69.8 Å². The lowest BCUT2D eigenvalue weighted by molar-refractivity contribution is -0.384. The maximum absolute atomic E-state index is 10.5. The van der Waals surface area contributed by atoms with E-state index in [4.69, 9.17) is 0 Å². The number of nitro benzene ring substituents is 1. The van der Waals surface area contributed by atoms with E-state index in [1.165, 1.54) is 12.1 Å². The van der Waals surface area contributed by atoms with Crippen LogP contribution in [-0.2, 0) is 0 Å². The van der Waals surface area contributed by atoms with Crippen LogP contribution in [0, 0.1) is 22.0 Å². The van der Waals surface area contributed by atoms with E-state index in [-0.39, 0.29) is 5.69 Å². The van der Waals surface area contributed by atoms with Gasteiger partial charge in [0.1, 0.15) is 0 Å². The highest BCUT2D eigenvalue weighted by atomic mass is 32.1. The Balaban J connectivity index is 2.19. The molecule has 0 bridgehead atoms. The van der Waals surface area contributed by atoms with E-state index in [0.29, 0.717) is 0 Å². The number of thiol groups is 1. The molecule has 4 heteroatoms. The third-order valence-corrected chi connectivity index (χ3v) is 2.59. The number of benzene rings is 2. The van der Waals surface area contributed by atoms with Crippen molar-refractivity contribution in [3.63, 3.8) is 0 Å². The van der Waals surface area contributed by atoms with Crippen LogP contribution in [0.15, 0.2) is 53.4 Å². The van der Waals surface area contributed by atoms with Crippen LogP contribution in [0.5, 0.6) is 0 Å². The molecule has 18 heavy (non-hydrogen) atoms. The monoisotopic (exact) mass is 255 g/mol. The van der Waals surface area contributed by atoms with E-state index in [2.05, 4.69) is 24.5 Å². The summed E-state index contributed by atoms with van der Waals surface area (Å²) in [6.07, 6.45) is 0. The highest BCUT2D eigenvalue weighted by Gasteiger charge is 2.02. The average Bonchev–Trinajstić information content (AvgIpc) is 2.38. The van der Waals surface area contributed by atoms with Crippen molar-refractivity contribution in [1.82, 2.24) is 0 Å². The molecule has 0 N–H and O–H groups in total. The molecule has 0 heterocycles. The first-order valence-corrected chi connectivity index (χ1v) is 5.65. The molecule has 0 aliphatic carbocycles. The van der Waals surface area contributed by atoms with E-state index < -0.39 is 4.92 Å². The van der Waals surface area contributed by atoms with E-state index in [1.54, 1.807) is 12.1 Å². The van der Waals surface area contributed by atoms with E-state index in [1.807, 2.05) is 24.3 Å². The zero-order chi connectivity index (χ0) is 13.0. The molecule has 2 aromatic rings. The number of rotatable bonds is 1. The first-order chi connectivity index (χ1) is 8.65. The zero-order valence-electron chi connectivity index (χ0n) is 9.33. The minimum Gasteiger partial charge on any atom is -0.258 e. The van der Waals surface area contributed by atoms with Gasteiger partial charge in [0.05, 0.1) is 4.92 Å². The third-order valence-electron chi connectivity index (χ3n) is 2.30. The van der Waals surface area contributed by atoms with Crippen LogP contribution in [0.3, 0.4) is 0 Å². The van der Waals surface area contributed by atoms with Gasteiger partial charge in [-0.2, -0.15) is 0 Å². The predicted octanol–water partition coefficient (Wildman–Crippen LogP) is 3.28.